The SMILES string of the molecule is CCS(=O)(=O)C1=C(Cl)C[C@H]2[C@@H]3CCC4=CC(=O)C=C[C@]4(C)C3(F)[C@@H](O)C[C@]12C. The van der Waals surface area contributed by atoms with Gasteiger partial charge in [0.25, 0.3) is 0 Å². The van der Waals surface area contributed by atoms with Gasteiger partial charge in [0.1, 0.15) is 0 Å². The fraction of sp³-hybridized carbons (Fsp3) is 0.667. The van der Waals surface area contributed by atoms with E-state index in [1.807, 2.05) is 6.92 Å². The zero-order valence-corrected chi connectivity index (χ0v) is 17.9. The number of hydrogen-bond donors (Lipinski definition) is 1. The third kappa shape index (κ3) is 2.31. The summed E-state index contributed by atoms with van der Waals surface area (Å²) in [7, 11) is -3.56. The molecule has 0 aromatic heterocycles. The number of ketones is 1. The Kier molecular flexibility index (Phi) is 4.36. The Hall–Kier alpha value is -0.980. The van der Waals surface area contributed by atoms with Crippen molar-refractivity contribution < 1.29 is 22.7 Å². The van der Waals surface area contributed by atoms with E-state index in [0.717, 1.165) is 0 Å². The Morgan fingerprint density at radius 2 is 2.00 bits per heavy atom. The minimum atomic E-state index is -3.56. The average Bonchev–Trinajstić information content (AvgIpc) is 2.87. The molecule has 0 aromatic rings. The van der Waals surface area contributed by atoms with Crippen molar-refractivity contribution >= 4 is 27.2 Å². The lowest BCUT2D eigenvalue weighted by Gasteiger charge is -2.61. The van der Waals surface area contributed by atoms with Crippen LogP contribution in [0.4, 0.5) is 4.39 Å². The first-order chi connectivity index (χ1) is 12.9. The lowest BCUT2D eigenvalue weighted by Crippen LogP contribution is -2.66. The highest BCUT2D eigenvalue weighted by atomic mass is 35.5. The van der Waals surface area contributed by atoms with E-state index < -0.39 is 38.4 Å². The fourth-order valence-electron chi connectivity index (χ4n) is 6.46. The topological polar surface area (TPSA) is 71.4 Å². The predicted molar refractivity (Wildman–Crippen MR) is 106 cm³/mol. The first-order valence-electron chi connectivity index (χ1n) is 9.85. The normalized spacial score (nSPS) is 45.4. The van der Waals surface area contributed by atoms with Crippen LogP contribution in [-0.2, 0) is 14.6 Å². The number of halogens is 2. The van der Waals surface area contributed by atoms with Crippen LogP contribution in [0.3, 0.4) is 0 Å². The lowest BCUT2D eigenvalue weighted by atomic mass is 9.46. The number of carbonyl (C=O) groups is 1. The summed E-state index contributed by atoms with van der Waals surface area (Å²) >= 11 is 6.45. The van der Waals surface area contributed by atoms with Crippen LogP contribution in [0.1, 0.15) is 46.5 Å². The maximum absolute atomic E-state index is 16.8. The molecule has 1 N–H and O–H groups in total. The van der Waals surface area contributed by atoms with E-state index in [1.165, 1.54) is 12.2 Å². The Morgan fingerprint density at radius 1 is 1.32 bits per heavy atom. The van der Waals surface area contributed by atoms with Crippen molar-refractivity contribution in [2.24, 2.45) is 22.7 Å². The van der Waals surface area contributed by atoms with Crippen LogP contribution in [0, 0.1) is 22.7 Å². The molecule has 0 heterocycles. The van der Waals surface area contributed by atoms with Crippen molar-refractivity contribution in [1.82, 2.24) is 0 Å². The Bertz CT molecular complexity index is 951. The van der Waals surface area contributed by atoms with Crippen LogP contribution in [-0.4, -0.2) is 36.8 Å². The Balaban J connectivity index is 1.84. The summed E-state index contributed by atoms with van der Waals surface area (Å²) < 4.78 is 42.4. The van der Waals surface area contributed by atoms with Crippen molar-refractivity contribution in [1.29, 1.82) is 0 Å². The van der Waals surface area contributed by atoms with Gasteiger partial charge in [0.05, 0.1) is 16.8 Å². The molecule has 4 rings (SSSR count). The van der Waals surface area contributed by atoms with E-state index in [0.29, 0.717) is 24.8 Å². The largest absolute Gasteiger partial charge is 0.390 e. The summed E-state index contributed by atoms with van der Waals surface area (Å²) in [6, 6.07) is 0. The molecule has 1 unspecified atom stereocenters. The number of carbonyl (C=O) groups excluding carboxylic acids is 1. The van der Waals surface area contributed by atoms with Crippen molar-refractivity contribution in [3.8, 4) is 0 Å². The molecule has 0 aliphatic heterocycles. The zero-order chi connectivity index (χ0) is 20.7. The average molecular weight is 429 g/mol. The number of aliphatic hydroxyl groups excluding tert-OH is 1. The van der Waals surface area contributed by atoms with Gasteiger partial charge in [0.2, 0.25) is 0 Å². The predicted octanol–water partition coefficient (Wildman–Crippen LogP) is 3.85. The second-order valence-electron chi connectivity index (χ2n) is 9.11. The molecule has 154 valence electrons. The van der Waals surface area contributed by atoms with E-state index in [2.05, 4.69) is 0 Å². The fourth-order valence-corrected chi connectivity index (χ4v) is 8.85. The number of aliphatic hydroxyl groups is 1. The molecule has 7 heteroatoms. The van der Waals surface area contributed by atoms with Gasteiger partial charge in [-0.25, -0.2) is 12.8 Å². The molecule has 0 bridgehead atoms. The summed E-state index contributed by atoms with van der Waals surface area (Å²) in [4.78, 5) is 12.0. The number of allylic oxidation sites excluding steroid dienone is 6. The molecule has 0 aromatic carbocycles. The van der Waals surface area contributed by atoms with Gasteiger partial charge in [0, 0.05) is 21.8 Å². The van der Waals surface area contributed by atoms with Gasteiger partial charge in [-0.2, -0.15) is 0 Å². The second-order valence-corrected chi connectivity index (χ2v) is 11.8. The summed E-state index contributed by atoms with van der Waals surface area (Å²) in [5, 5.41) is 11.4. The Morgan fingerprint density at radius 3 is 2.64 bits per heavy atom. The molecule has 4 aliphatic rings. The summed E-state index contributed by atoms with van der Waals surface area (Å²) in [5.74, 6) is -1.07. The molecule has 2 saturated carbocycles. The second kappa shape index (κ2) is 6.02. The highest BCUT2D eigenvalue weighted by molar-refractivity contribution is 7.95. The number of hydrogen-bond acceptors (Lipinski definition) is 4. The molecule has 0 spiro atoms. The number of fused-ring (bicyclic) bond motifs is 5. The molecule has 6 atom stereocenters. The van der Waals surface area contributed by atoms with Crippen LogP contribution in [0.5, 0.6) is 0 Å². The van der Waals surface area contributed by atoms with Gasteiger partial charge in [-0.15, -0.1) is 0 Å². The van der Waals surface area contributed by atoms with Crippen molar-refractivity contribution in [2.75, 3.05) is 5.75 Å². The smallest absolute Gasteiger partial charge is 0.178 e. The van der Waals surface area contributed by atoms with Crippen molar-refractivity contribution in [2.45, 2.75) is 58.2 Å². The summed E-state index contributed by atoms with van der Waals surface area (Å²) in [6.07, 6.45) is 4.43. The maximum Gasteiger partial charge on any atom is 0.178 e. The first kappa shape index (κ1) is 20.3. The van der Waals surface area contributed by atoms with Gasteiger partial charge < -0.3 is 5.11 Å². The van der Waals surface area contributed by atoms with Crippen molar-refractivity contribution in [3.63, 3.8) is 0 Å². The van der Waals surface area contributed by atoms with E-state index in [9.17, 15) is 18.3 Å². The molecule has 0 amide bonds. The molecule has 2 fully saturated rings. The zero-order valence-electron chi connectivity index (χ0n) is 16.3. The highest BCUT2D eigenvalue weighted by Gasteiger charge is 2.70. The number of rotatable bonds is 2. The van der Waals surface area contributed by atoms with Gasteiger partial charge in [-0.1, -0.05) is 37.1 Å². The highest BCUT2D eigenvalue weighted by Crippen LogP contribution is 2.69. The molecule has 28 heavy (non-hydrogen) atoms. The molecule has 0 radical (unpaired) electrons. The third-order valence-electron chi connectivity index (χ3n) is 7.89. The minimum absolute atomic E-state index is 0.000106. The number of sulfone groups is 1. The van der Waals surface area contributed by atoms with Gasteiger partial charge >= 0.3 is 0 Å². The van der Waals surface area contributed by atoms with Crippen molar-refractivity contribution in [3.05, 3.63) is 33.7 Å². The molecular formula is C21H26ClFO4S. The van der Waals surface area contributed by atoms with Gasteiger partial charge in [-0.05, 0) is 50.7 Å². The Labute approximate surface area is 170 Å². The van der Waals surface area contributed by atoms with E-state index in [-0.39, 0.29) is 33.8 Å². The number of alkyl halides is 1. The molecule has 4 aliphatic carbocycles. The lowest BCUT2D eigenvalue weighted by molar-refractivity contribution is -0.184. The monoisotopic (exact) mass is 428 g/mol. The van der Waals surface area contributed by atoms with Crippen LogP contribution in [0.25, 0.3) is 0 Å². The standard InChI is InChI=1S/C21H26ClFO4S/c1-4-28(26,27)18-16(22)10-15-14-6-5-12-9-13(24)7-8-20(12,3)21(14,23)17(25)11-19(15,18)2/h7-9,14-15,17,25H,4-6,10-11H2,1-3H3/t14-,15-,17-,19-,20-,21?/m0/s1. The summed E-state index contributed by atoms with van der Waals surface area (Å²) in [6.45, 7) is 5.13. The quantitative estimate of drug-likeness (QED) is 0.725. The molecule has 0 saturated heterocycles. The van der Waals surface area contributed by atoms with Crippen LogP contribution in [0.15, 0.2) is 33.7 Å². The summed E-state index contributed by atoms with van der Waals surface area (Å²) in [5.41, 5.74) is -3.22. The van der Waals surface area contributed by atoms with Crippen LogP contribution < -0.4 is 0 Å². The van der Waals surface area contributed by atoms with Crippen LogP contribution in [0.2, 0.25) is 0 Å². The van der Waals surface area contributed by atoms with Gasteiger partial charge in [0.15, 0.2) is 21.3 Å². The van der Waals surface area contributed by atoms with E-state index in [1.54, 1.807) is 19.9 Å². The molecule has 4 nitrogen and oxygen atoms in total. The van der Waals surface area contributed by atoms with E-state index >= 15 is 4.39 Å². The maximum atomic E-state index is 16.8. The molecular weight excluding hydrogens is 403 g/mol. The van der Waals surface area contributed by atoms with Crippen LogP contribution >= 0.6 is 11.6 Å². The first-order valence-corrected chi connectivity index (χ1v) is 11.9. The minimum Gasteiger partial charge on any atom is -0.390 e. The van der Waals surface area contributed by atoms with Gasteiger partial charge in [-0.3, -0.25) is 4.79 Å². The van der Waals surface area contributed by atoms with E-state index in [4.69, 9.17) is 11.6 Å². The third-order valence-corrected chi connectivity index (χ3v) is 10.4.